The fourth-order valence-electron chi connectivity index (χ4n) is 1.48. The van der Waals surface area contributed by atoms with Crippen LogP contribution in [0.15, 0.2) is 29.3 Å². The highest BCUT2D eigenvalue weighted by Gasteiger charge is 2.00. The molecular weight excluding hydrogens is 186 g/mol. The lowest BCUT2D eigenvalue weighted by molar-refractivity contribution is 0.866. The Morgan fingerprint density at radius 3 is 2.47 bits per heavy atom. The molecule has 0 aromatic heterocycles. The molecule has 0 heterocycles. The maximum absolute atomic E-state index is 3.98. The molecule has 1 rings (SSSR count). The van der Waals surface area contributed by atoms with Crippen LogP contribution in [0.1, 0.15) is 18.9 Å². The number of anilines is 1. The maximum atomic E-state index is 3.98. The van der Waals surface area contributed by atoms with Crippen molar-refractivity contribution in [2.75, 3.05) is 19.1 Å². The molecule has 3 nitrogen and oxygen atoms in total. The van der Waals surface area contributed by atoms with E-state index < -0.39 is 0 Å². The molecule has 0 spiro atoms. The van der Waals surface area contributed by atoms with Crippen molar-refractivity contribution in [3.8, 4) is 0 Å². The highest BCUT2D eigenvalue weighted by atomic mass is 15.5. The van der Waals surface area contributed by atoms with Crippen molar-refractivity contribution in [3.63, 3.8) is 0 Å². The lowest BCUT2D eigenvalue weighted by atomic mass is 10.1. The molecule has 0 bridgehead atoms. The van der Waals surface area contributed by atoms with Crippen LogP contribution in [0.3, 0.4) is 0 Å². The molecule has 0 aliphatic carbocycles. The van der Waals surface area contributed by atoms with Crippen molar-refractivity contribution in [2.45, 2.75) is 19.8 Å². The highest BCUT2D eigenvalue weighted by Crippen LogP contribution is 2.13. The van der Waals surface area contributed by atoms with Gasteiger partial charge in [-0.15, -0.1) is 0 Å². The van der Waals surface area contributed by atoms with E-state index in [2.05, 4.69) is 41.6 Å². The summed E-state index contributed by atoms with van der Waals surface area (Å²) < 4.78 is 0. The summed E-state index contributed by atoms with van der Waals surface area (Å²) in [6.45, 7) is 2.19. The van der Waals surface area contributed by atoms with Crippen LogP contribution in [0.4, 0.5) is 5.69 Å². The second-order valence-electron chi connectivity index (χ2n) is 3.38. The zero-order valence-electron chi connectivity index (χ0n) is 9.70. The lowest BCUT2D eigenvalue weighted by Crippen LogP contribution is -2.33. The summed E-state index contributed by atoms with van der Waals surface area (Å²) in [5.74, 6) is 0. The summed E-state index contributed by atoms with van der Waals surface area (Å²) in [5.41, 5.74) is 5.54. The number of rotatable bonds is 5. The second kappa shape index (κ2) is 6.19. The van der Waals surface area contributed by atoms with Crippen LogP contribution in [0.2, 0.25) is 0 Å². The van der Waals surface area contributed by atoms with Gasteiger partial charge in [0.1, 0.15) is 6.34 Å². The minimum atomic E-state index is 1.10. The topological polar surface area (TPSA) is 27.6 Å². The van der Waals surface area contributed by atoms with Crippen molar-refractivity contribution in [1.29, 1.82) is 0 Å². The minimum Gasteiger partial charge on any atom is -0.277 e. The Bertz CT molecular complexity index is 303. The zero-order chi connectivity index (χ0) is 11.1. The van der Waals surface area contributed by atoms with Crippen LogP contribution in [-0.4, -0.2) is 20.4 Å². The van der Waals surface area contributed by atoms with Gasteiger partial charge in [0, 0.05) is 14.1 Å². The molecule has 0 fully saturated rings. The lowest BCUT2D eigenvalue weighted by Gasteiger charge is -2.17. The molecule has 0 atom stereocenters. The maximum Gasteiger partial charge on any atom is 0.104 e. The molecule has 0 saturated carbocycles. The van der Waals surface area contributed by atoms with Gasteiger partial charge in [-0.05, 0) is 24.1 Å². The first-order valence-corrected chi connectivity index (χ1v) is 5.29. The third-order valence-electron chi connectivity index (χ3n) is 2.23. The third-order valence-corrected chi connectivity index (χ3v) is 2.23. The number of aliphatic imine (C=N–C) groups is 1. The van der Waals surface area contributed by atoms with Crippen molar-refractivity contribution in [1.82, 2.24) is 5.43 Å². The smallest absolute Gasteiger partial charge is 0.104 e. The van der Waals surface area contributed by atoms with Crippen LogP contribution < -0.4 is 10.4 Å². The fraction of sp³-hybridized carbons (Fsp3) is 0.417. The summed E-state index contributed by atoms with van der Waals surface area (Å²) in [6.07, 6.45) is 4.09. The van der Waals surface area contributed by atoms with Gasteiger partial charge in [-0.2, -0.15) is 0 Å². The predicted molar refractivity (Wildman–Crippen MR) is 66.4 cm³/mol. The van der Waals surface area contributed by atoms with E-state index in [0.717, 1.165) is 12.1 Å². The van der Waals surface area contributed by atoms with Gasteiger partial charge in [-0.1, -0.05) is 25.5 Å². The largest absolute Gasteiger partial charge is 0.277 e. The predicted octanol–water partition coefficient (Wildman–Crippen LogP) is 2.24. The first-order valence-electron chi connectivity index (χ1n) is 5.29. The standard InChI is InChI=1S/C12H19N3/c1-4-5-11-6-8-12(9-7-11)15(14-3)10-13-2/h6-10,14H,4-5H2,1-3H3. The molecule has 0 amide bonds. The Morgan fingerprint density at radius 2 is 2.00 bits per heavy atom. The van der Waals surface area contributed by atoms with Gasteiger partial charge in [0.2, 0.25) is 0 Å². The van der Waals surface area contributed by atoms with E-state index in [0.29, 0.717) is 0 Å². The van der Waals surface area contributed by atoms with Crippen molar-refractivity contribution in [2.24, 2.45) is 4.99 Å². The summed E-state index contributed by atoms with van der Waals surface area (Å²) >= 11 is 0. The molecule has 3 heteroatoms. The van der Waals surface area contributed by atoms with Crippen LogP contribution in [0.25, 0.3) is 0 Å². The third kappa shape index (κ3) is 3.36. The number of benzene rings is 1. The Balaban J connectivity index is 2.77. The first-order chi connectivity index (χ1) is 7.31. The molecule has 0 saturated heterocycles. The van der Waals surface area contributed by atoms with E-state index in [1.807, 2.05) is 12.1 Å². The molecule has 1 N–H and O–H groups in total. The average Bonchev–Trinajstić information content (AvgIpc) is 2.28. The molecule has 0 radical (unpaired) electrons. The van der Waals surface area contributed by atoms with E-state index >= 15 is 0 Å². The molecule has 0 aliphatic rings. The molecule has 82 valence electrons. The number of aryl methyl sites for hydroxylation is 1. The zero-order valence-corrected chi connectivity index (χ0v) is 9.70. The summed E-state index contributed by atoms with van der Waals surface area (Å²) in [6, 6.07) is 8.52. The number of hydrazine groups is 1. The number of hydrogen-bond acceptors (Lipinski definition) is 2. The highest BCUT2D eigenvalue weighted by molar-refractivity contribution is 5.77. The Kier molecular flexibility index (Phi) is 4.84. The number of hydrogen-bond donors (Lipinski definition) is 1. The summed E-state index contributed by atoms with van der Waals surface area (Å²) in [4.78, 5) is 3.98. The number of nitrogens with one attached hydrogen (secondary N) is 1. The molecular formula is C12H19N3. The van der Waals surface area contributed by atoms with Gasteiger partial charge in [0.15, 0.2) is 0 Å². The van der Waals surface area contributed by atoms with E-state index in [1.54, 1.807) is 13.4 Å². The second-order valence-corrected chi connectivity index (χ2v) is 3.38. The molecule has 0 aliphatic heterocycles. The Labute approximate surface area is 91.8 Å². The summed E-state index contributed by atoms with van der Waals surface area (Å²) in [5, 5.41) is 1.88. The Hall–Kier alpha value is -1.35. The van der Waals surface area contributed by atoms with E-state index in [1.165, 1.54) is 12.0 Å². The SMILES string of the molecule is CCCc1ccc(N(C=NC)NC)cc1. The quantitative estimate of drug-likeness (QED) is 0.453. The van der Waals surface area contributed by atoms with E-state index in [4.69, 9.17) is 0 Å². The number of nitrogens with zero attached hydrogens (tertiary/aromatic N) is 2. The normalized spacial score (nSPS) is 10.9. The van der Waals surface area contributed by atoms with Crippen molar-refractivity contribution in [3.05, 3.63) is 29.8 Å². The Morgan fingerprint density at radius 1 is 1.33 bits per heavy atom. The monoisotopic (exact) mass is 205 g/mol. The summed E-state index contributed by atoms with van der Waals surface area (Å²) in [7, 11) is 3.64. The van der Waals surface area contributed by atoms with Crippen molar-refractivity contribution >= 4 is 12.0 Å². The van der Waals surface area contributed by atoms with Crippen molar-refractivity contribution < 1.29 is 0 Å². The van der Waals surface area contributed by atoms with Gasteiger partial charge >= 0.3 is 0 Å². The molecule has 0 unspecified atom stereocenters. The van der Waals surface area contributed by atoms with Gasteiger partial charge in [0.05, 0.1) is 5.69 Å². The minimum absolute atomic E-state index is 1.10. The fourth-order valence-corrected chi connectivity index (χ4v) is 1.48. The molecule has 1 aromatic rings. The average molecular weight is 205 g/mol. The van der Waals surface area contributed by atoms with Crippen LogP contribution in [0.5, 0.6) is 0 Å². The van der Waals surface area contributed by atoms with E-state index in [9.17, 15) is 0 Å². The van der Waals surface area contributed by atoms with Gasteiger partial charge in [-0.3, -0.25) is 10.0 Å². The van der Waals surface area contributed by atoms with Crippen LogP contribution >= 0.6 is 0 Å². The molecule has 1 aromatic carbocycles. The van der Waals surface area contributed by atoms with Crippen LogP contribution in [-0.2, 0) is 6.42 Å². The van der Waals surface area contributed by atoms with Gasteiger partial charge < -0.3 is 0 Å². The van der Waals surface area contributed by atoms with Gasteiger partial charge in [-0.25, -0.2) is 5.43 Å². The first kappa shape index (κ1) is 11.7. The van der Waals surface area contributed by atoms with Crippen LogP contribution in [0, 0.1) is 0 Å². The van der Waals surface area contributed by atoms with E-state index in [-0.39, 0.29) is 0 Å². The van der Waals surface area contributed by atoms with Gasteiger partial charge in [0.25, 0.3) is 0 Å². The molecule has 15 heavy (non-hydrogen) atoms.